The van der Waals surface area contributed by atoms with Crippen LogP contribution in [-0.4, -0.2) is 59.6 Å². The molecule has 7 heteroatoms. The summed E-state index contributed by atoms with van der Waals surface area (Å²) in [5, 5.41) is 3.25. The zero-order valence-corrected chi connectivity index (χ0v) is 22.3. The molecule has 0 spiro atoms. The summed E-state index contributed by atoms with van der Waals surface area (Å²) in [6.07, 6.45) is 3.47. The number of nitrogens with zero attached hydrogens (tertiary/aromatic N) is 2. The van der Waals surface area contributed by atoms with Gasteiger partial charge in [-0.05, 0) is 45.1 Å². The Bertz CT molecular complexity index is 876. The summed E-state index contributed by atoms with van der Waals surface area (Å²) in [7, 11) is 0. The zero-order valence-electron chi connectivity index (χ0n) is 22.3. The van der Waals surface area contributed by atoms with E-state index in [-0.39, 0.29) is 29.9 Å². The van der Waals surface area contributed by atoms with Gasteiger partial charge in [0.1, 0.15) is 18.2 Å². The van der Waals surface area contributed by atoms with Gasteiger partial charge in [0.05, 0.1) is 12.5 Å². The fourth-order valence-corrected chi connectivity index (χ4v) is 5.43. The van der Waals surface area contributed by atoms with E-state index in [1.54, 1.807) is 6.92 Å². The smallest absolute Gasteiger partial charge is 0.323 e. The van der Waals surface area contributed by atoms with Crippen LogP contribution in [0, 0.1) is 11.8 Å². The van der Waals surface area contributed by atoms with Crippen molar-refractivity contribution in [2.24, 2.45) is 16.8 Å². The first-order chi connectivity index (χ1) is 16.6. The predicted octanol–water partition coefficient (Wildman–Crippen LogP) is 4.35. The second-order valence-corrected chi connectivity index (χ2v) is 10.8. The molecule has 7 nitrogen and oxygen atoms in total. The van der Waals surface area contributed by atoms with Crippen LogP contribution in [0.3, 0.4) is 0 Å². The quantitative estimate of drug-likeness (QED) is 0.499. The molecule has 1 amide bonds. The average Bonchev–Trinajstić information content (AvgIpc) is 3.44. The lowest BCUT2D eigenvalue weighted by Crippen LogP contribution is -2.55. The molecule has 0 saturated carbocycles. The Hall–Kier alpha value is -2.41. The summed E-state index contributed by atoms with van der Waals surface area (Å²) < 4.78 is 11.9. The van der Waals surface area contributed by atoms with Crippen molar-refractivity contribution in [3.8, 4) is 0 Å². The van der Waals surface area contributed by atoms with Crippen molar-refractivity contribution in [1.82, 2.24) is 10.2 Å². The summed E-state index contributed by atoms with van der Waals surface area (Å²) in [4.78, 5) is 32.8. The van der Waals surface area contributed by atoms with E-state index >= 15 is 0 Å². The Kier molecular flexibility index (Phi) is 9.34. The third kappa shape index (κ3) is 7.29. The summed E-state index contributed by atoms with van der Waals surface area (Å²) >= 11 is 0. The van der Waals surface area contributed by atoms with Gasteiger partial charge in [-0.1, -0.05) is 57.0 Å². The molecule has 0 aliphatic carbocycles. The van der Waals surface area contributed by atoms with E-state index in [4.69, 9.17) is 9.47 Å². The summed E-state index contributed by atoms with van der Waals surface area (Å²) in [5.74, 6) is 0.792. The number of ether oxygens (including phenoxy) is 2. The minimum atomic E-state index is -0.586. The number of likely N-dealkylation sites (tertiary alicyclic amines) is 1. The van der Waals surface area contributed by atoms with E-state index in [9.17, 15) is 9.59 Å². The number of carbonyl (C=O) groups excluding carboxylic acids is 2. The van der Waals surface area contributed by atoms with Crippen LogP contribution < -0.4 is 5.32 Å². The molecular formula is C28H43N3O4. The van der Waals surface area contributed by atoms with Gasteiger partial charge in [0.2, 0.25) is 5.91 Å². The van der Waals surface area contributed by atoms with Crippen molar-refractivity contribution in [3.05, 3.63) is 35.9 Å². The van der Waals surface area contributed by atoms with Crippen molar-refractivity contribution < 1.29 is 19.1 Å². The highest BCUT2D eigenvalue weighted by atomic mass is 16.6. The van der Waals surface area contributed by atoms with Crippen molar-refractivity contribution in [2.45, 2.75) is 97.5 Å². The third-order valence-electron chi connectivity index (χ3n) is 7.03. The lowest BCUT2D eigenvalue weighted by Gasteiger charge is -2.38. The molecule has 194 valence electrons. The van der Waals surface area contributed by atoms with Crippen molar-refractivity contribution in [2.75, 3.05) is 13.2 Å². The number of benzene rings is 1. The number of amides is 1. The number of esters is 1. The normalized spacial score (nSPS) is 23.6. The van der Waals surface area contributed by atoms with Gasteiger partial charge in [0, 0.05) is 25.6 Å². The standard InChI is InChI=1S/C28H43N3O4/c1-7-20(8-2)16-23(30-19(3)32)25-22(26-29-14-15-34-26)17-24(27(33)35-28(4,5)6)31(25)18-21-12-10-9-11-13-21/h9-13,20,22-25H,7-8,14-18H2,1-6H3,(H,30,32)/t22-,23+,24?,25-/m1/s1. The molecule has 1 aromatic carbocycles. The Balaban J connectivity index is 2.05. The molecule has 4 atom stereocenters. The number of hydrogen-bond acceptors (Lipinski definition) is 6. The minimum Gasteiger partial charge on any atom is -0.479 e. The van der Waals surface area contributed by atoms with Crippen LogP contribution in [0.2, 0.25) is 0 Å². The van der Waals surface area contributed by atoms with Crippen molar-refractivity contribution in [1.29, 1.82) is 0 Å². The van der Waals surface area contributed by atoms with E-state index in [2.05, 4.69) is 41.2 Å². The van der Waals surface area contributed by atoms with Crippen LogP contribution in [0.25, 0.3) is 0 Å². The second-order valence-electron chi connectivity index (χ2n) is 10.8. The van der Waals surface area contributed by atoms with E-state index in [1.807, 2.05) is 39.0 Å². The first-order valence-electron chi connectivity index (χ1n) is 13.1. The van der Waals surface area contributed by atoms with E-state index in [0.717, 1.165) is 24.8 Å². The van der Waals surface area contributed by atoms with E-state index < -0.39 is 11.6 Å². The van der Waals surface area contributed by atoms with Crippen LogP contribution in [0.4, 0.5) is 0 Å². The first kappa shape index (κ1) is 27.2. The summed E-state index contributed by atoms with van der Waals surface area (Å²) in [6, 6.07) is 9.46. The lowest BCUT2D eigenvalue weighted by molar-refractivity contribution is -0.161. The molecule has 2 aliphatic rings. The van der Waals surface area contributed by atoms with Gasteiger partial charge < -0.3 is 14.8 Å². The maximum Gasteiger partial charge on any atom is 0.323 e. The Morgan fingerprint density at radius 3 is 2.43 bits per heavy atom. The SMILES string of the molecule is CCC(CC)C[C@H](NC(C)=O)[C@H]1[C@H](C2=NCCO2)CC(C(=O)OC(C)(C)C)N1Cc1ccccc1. The zero-order chi connectivity index (χ0) is 25.6. The van der Waals surface area contributed by atoms with Crippen LogP contribution in [0.5, 0.6) is 0 Å². The van der Waals surface area contributed by atoms with Crippen LogP contribution >= 0.6 is 0 Å². The third-order valence-corrected chi connectivity index (χ3v) is 7.03. The Morgan fingerprint density at radius 2 is 1.89 bits per heavy atom. The number of nitrogens with one attached hydrogen (secondary N) is 1. The summed E-state index contributed by atoms with van der Waals surface area (Å²) in [6.45, 7) is 13.4. The predicted molar refractivity (Wildman–Crippen MR) is 138 cm³/mol. The lowest BCUT2D eigenvalue weighted by atomic mass is 9.85. The average molecular weight is 486 g/mol. The molecule has 1 aromatic rings. The molecule has 2 heterocycles. The van der Waals surface area contributed by atoms with E-state index in [0.29, 0.717) is 37.9 Å². The number of carbonyl (C=O) groups is 2. The topological polar surface area (TPSA) is 80.2 Å². The monoisotopic (exact) mass is 485 g/mol. The molecule has 0 radical (unpaired) electrons. The van der Waals surface area contributed by atoms with Crippen molar-refractivity contribution in [3.63, 3.8) is 0 Å². The van der Waals surface area contributed by atoms with Gasteiger partial charge in [-0.25, -0.2) is 0 Å². The van der Waals surface area contributed by atoms with Crippen LogP contribution in [-0.2, 0) is 25.6 Å². The van der Waals surface area contributed by atoms with Crippen LogP contribution in [0.1, 0.15) is 72.8 Å². The molecule has 0 bridgehead atoms. The second kappa shape index (κ2) is 12.0. The Labute approximate surface area is 210 Å². The van der Waals surface area contributed by atoms with E-state index in [1.165, 1.54) is 0 Å². The first-order valence-corrected chi connectivity index (χ1v) is 13.1. The molecule has 1 unspecified atom stereocenters. The fourth-order valence-electron chi connectivity index (χ4n) is 5.43. The number of rotatable bonds is 10. The molecule has 35 heavy (non-hydrogen) atoms. The van der Waals surface area contributed by atoms with Gasteiger partial charge >= 0.3 is 5.97 Å². The van der Waals surface area contributed by atoms with Gasteiger partial charge in [0.15, 0.2) is 5.90 Å². The molecule has 1 N–H and O–H groups in total. The summed E-state index contributed by atoms with van der Waals surface area (Å²) in [5.41, 5.74) is 0.530. The fraction of sp³-hybridized carbons (Fsp3) is 0.679. The van der Waals surface area contributed by atoms with Gasteiger partial charge in [-0.3, -0.25) is 19.5 Å². The number of hydrogen-bond donors (Lipinski definition) is 1. The van der Waals surface area contributed by atoms with Gasteiger partial charge in [-0.2, -0.15) is 0 Å². The molecule has 1 saturated heterocycles. The highest BCUT2D eigenvalue weighted by molar-refractivity contribution is 5.84. The van der Waals surface area contributed by atoms with Crippen molar-refractivity contribution >= 4 is 17.8 Å². The molecule has 0 aromatic heterocycles. The highest BCUT2D eigenvalue weighted by Gasteiger charge is 2.52. The maximum atomic E-state index is 13.5. The van der Waals surface area contributed by atoms with Crippen LogP contribution in [0.15, 0.2) is 35.3 Å². The van der Waals surface area contributed by atoms with Gasteiger partial charge in [0.25, 0.3) is 0 Å². The highest BCUT2D eigenvalue weighted by Crippen LogP contribution is 2.38. The maximum absolute atomic E-state index is 13.5. The largest absolute Gasteiger partial charge is 0.479 e. The van der Waals surface area contributed by atoms with Gasteiger partial charge in [-0.15, -0.1) is 0 Å². The Morgan fingerprint density at radius 1 is 1.20 bits per heavy atom. The molecular weight excluding hydrogens is 442 g/mol. The minimum absolute atomic E-state index is 0.0608. The molecule has 3 rings (SSSR count). The number of aliphatic imine (C=N–C) groups is 1. The molecule has 1 fully saturated rings. The molecule has 2 aliphatic heterocycles.